The van der Waals surface area contributed by atoms with Gasteiger partial charge in [-0.1, -0.05) is 22.1 Å². The van der Waals surface area contributed by atoms with Crippen molar-refractivity contribution in [3.05, 3.63) is 108 Å². The number of ether oxygens (including phenoxy) is 3. The number of anilines is 2. The quantitative estimate of drug-likeness (QED) is 0.0749. The SMILES string of the molecule is CCOc1ncccc1-c1cc(N(Cc2ccc(OC)cc2)Cc2nnn(C(F)F)n2)c2c(n1)c(C)nn2C(C)C.CCOc1ncccc1-c1cc(NCc2cn(C(F)F)nn2)c2c(n1)c(C)nn2C(C)C. The normalized spacial score (nSPS) is 11.6. The maximum Gasteiger partial charge on any atom is 0.350 e. The molecule has 0 radical (unpaired) electrons. The summed E-state index contributed by atoms with van der Waals surface area (Å²) in [7, 11) is 1.61. The Morgan fingerprint density at radius 2 is 1.27 bits per heavy atom. The lowest BCUT2D eigenvalue weighted by molar-refractivity contribution is 0.0394. The number of pyridine rings is 4. The van der Waals surface area contributed by atoms with Crippen molar-refractivity contribution in [1.82, 2.24) is 74.7 Å². The lowest BCUT2D eigenvalue weighted by Gasteiger charge is -2.26. The van der Waals surface area contributed by atoms with Gasteiger partial charge in [-0.25, -0.2) is 19.9 Å². The molecule has 382 valence electrons. The minimum absolute atomic E-state index is 0.0237. The number of benzene rings is 1. The van der Waals surface area contributed by atoms with Gasteiger partial charge in [0.1, 0.15) is 33.5 Å². The van der Waals surface area contributed by atoms with Crippen LogP contribution in [0.5, 0.6) is 17.5 Å². The van der Waals surface area contributed by atoms with Crippen LogP contribution >= 0.6 is 0 Å². The molecule has 0 saturated heterocycles. The van der Waals surface area contributed by atoms with Crippen molar-refractivity contribution in [1.29, 1.82) is 0 Å². The Bertz CT molecular complexity index is 3300. The number of aryl methyl sites for hydroxylation is 2. The Labute approximate surface area is 417 Å². The highest BCUT2D eigenvalue weighted by molar-refractivity contribution is 5.94. The number of halogens is 4. The summed E-state index contributed by atoms with van der Waals surface area (Å²) in [5.74, 6) is 1.82. The van der Waals surface area contributed by atoms with E-state index < -0.39 is 13.1 Å². The van der Waals surface area contributed by atoms with E-state index in [1.54, 1.807) is 19.5 Å². The summed E-state index contributed by atoms with van der Waals surface area (Å²) in [6, 6.07) is 19.1. The summed E-state index contributed by atoms with van der Waals surface area (Å²) in [6.07, 6.45) is 4.56. The maximum absolute atomic E-state index is 13.3. The topological polar surface area (TPSA) is 204 Å². The summed E-state index contributed by atoms with van der Waals surface area (Å²) in [6.45, 7) is 11.8. The van der Waals surface area contributed by atoms with Crippen molar-refractivity contribution < 1.29 is 31.8 Å². The fraction of sp³-hybridized carbons (Fsp3) is 0.367. The fourth-order valence-electron chi connectivity index (χ4n) is 8.04. The number of alkyl halides is 4. The predicted octanol–water partition coefficient (Wildman–Crippen LogP) is 9.76. The number of methoxy groups -OCH3 is 1. The molecule has 0 aliphatic rings. The molecule has 20 nitrogen and oxygen atoms in total. The highest BCUT2D eigenvalue weighted by Gasteiger charge is 2.25. The Kier molecular flexibility index (Phi) is 15.7. The molecule has 9 aromatic rings. The molecule has 0 saturated carbocycles. The summed E-state index contributed by atoms with van der Waals surface area (Å²) in [5, 5.41) is 31.4. The Morgan fingerprint density at radius 1 is 0.685 bits per heavy atom. The molecule has 0 amide bonds. The molecule has 8 aromatic heterocycles. The second kappa shape index (κ2) is 22.4. The number of nitrogens with zero attached hydrogens (tertiary/aromatic N) is 16. The van der Waals surface area contributed by atoms with E-state index in [1.807, 2.05) is 130 Å². The van der Waals surface area contributed by atoms with E-state index in [1.165, 1.54) is 6.20 Å². The van der Waals surface area contributed by atoms with Gasteiger partial charge in [0.15, 0.2) is 5.82 Å². The van der Waals surface area contributed by atoms with E-state index in [0.717, 1.165) is 61.8 Å². The minimum Gasteiger partial charge on any atom is -0.497 e. The van der Waals surface area contributed by atoms with Crippen LogP contribution in [0.15, 0.2) is 79.3 Å². The molecule has 1 aromatic carbocycles. The van der Waals surface area contributed by atoms with Crippen LogP contribution in [0.3, 0.4) is 0 Å². The minimum atomic E-state index is -2.89. The fourth-order valence-corrected chi connectivity index (χ4v) is 8.04. The van der Waals surface area contributed by atoms with Gasteiger partial charge in [-0.15, -0.1) is 15.3 Å². The smallest absolute Gasteiger partial charge is 0.350 e. The molecular weight excluding hydrogens is 951 g/mol. The Balaban J connectivity index is 0.000000201. The van der Waals surface area contributed by atoms with Crippen molar-refractivity contribution in [2.45, 2.75) is 100 Å². The third-order valence-electron chi connectivity index (χ3n) is 11.3. The van der Waals surface area contributed by atoms with E-state index in [0.29, 0.717) is 63.6 Å². The van der Waals surface area contributed by atoms with Gasteiger partial charge in [-0.2, -0.15) is 32.4 Å². The average molecular weight is 1010 g/mol. The number of fused-ring (bicyclic) bond motifs is 2. The van der Waals surface area contributed by atoms with Gasteiger partial charge in [-0.3, -0.25) is 9.36 Å². The number of rotatable bonds is 19. The van der Waals surface area contributed by atoms with Crippen molar-refractivity contribution in [2.24, 2.45) is 0 Å². The molecule has 0 bridgehead atoms. The van der Waals surface area contributed by atoms with Crippen molar-refractivity contribution >= 4 is 33.4 Å². The molecule has 0 aliphatic carbocycles. The van der Waals surface area contributed by atoms with Crippen LogP contribution in [0, 0.1) is 13.8 Å². The zero-order valence-corrected chi connectivity index (χ0v) is 41.7. The highest BCUT2D eigenvalue weighted by Crippen LogP contribution is 2.38. The van der Waals surface area contributed by atoms with E-state index in [-0.39, 0.29) is 31.0 Å². The molecule has 0 aliphatic heterocycles. The second-order valence-electron chi connectivity index (χ2n) is 17.1. The van der Waals surface area contributed by atoms with Crippen molar-refractivity contribution in [2.75, 3.05) is 30.5 Å². The molecule has 0 atom stereocenters. The molecule has 0 unspecified atom stereocenters. The lowest BCUT2D eigenvalue weighted by Crippen LogP contribution is -2.24. The zero-order valence-electron chi connectivity index (χ0n) is 41.7. The first kappa shape index (κ1) is 51.1. The first-order valence-electron chi connectivity index (χ1n) is 23.5. The van der Waals surface area contributed by atoms with Crippen LogP contribution in [0.1, 0.15) is 95.2 Å². The summed E-state index contributed by atoms with van der Waals surface area (Å²) in [4.78, 5) is 20.9. The average Bonchev–Trinajstić information content (AvgIpc) is 4.20. The number of tetrazole rings is 1. The number of aromatic nitrogens is 15. The lowest BCUT2D eigenvalue weighted by atomic mass is 10.1. The number of nitrogens with one attached hydrogen (secondary N) is 1. The molecule has 9 rings (SSSR count). The van der Waals surface area contributed by atoms with Crippen LogP contribution in [0.2, 0.25) is 0 Å². The second-order valence-corrected chi connectivity index (χ2v) is 17.1. The van der Waals surface area contributed by atoms with E-state index >= 15 is 0 Å². The number of hydrogen-bond donors (Lipinski definition) is 1. The van der Waals surface area contributed by atoms with Crippen molar-refractivity contribution in [3.63, 3.8) is 0 Å². The highest BCUT2D eigenvalue weighted by atomic mass is 19.3. The maximum atomic E-state index is 13.3. The van der Waals surface area contributed by atoms with Crippen LogP contribution in [-0.2, 0) is 19.6 Å². The predicted molar refractivity (Wildman–Crippen MR) is 265 cm³/mol. The van der Waals surface area contributed by atoms with Gasteiger partial charge in [0.05, 0.1) is 84.9 Å². The molecule has 8 heterocycles. The van der Waals surface area contributed by atoms with Crippen LogP contribution < -0.4 is 24.4 Å². The monoisotopic (exact) mass is 1010 g/mol. The van der Waals surface area contributed by atoms with Gasteiger partial charge < -0.3 is 24.4 Å². The molecule has 0 spiro atoms. The van der Waals surface area contributed by atoms with Crippen LogP contribution in [0.4, 0.5) is 28.9 Å². The van der Waals surface area contributed by atoms with Crippen LogP contribution in [0.25, 0.3) is 44.6 Å². The van der Waals surface area contributed by atoms with Gasteiger partial charge in [0.2, 0.25) is 11.8 Å². The molecular formula is C49H55F4N17O3. The van der Waals surface area contributed by atoms with Gasteiger partial charge in [-0.05, 0) is 115 Å². The standard InChI is InChI=1S/C28H31F2N9O2.C21H24F2N8O/c1-6-41-27-21(8-7-13-31-27)22-14-23(26-25(32-22)18(4)34-38(26)17(2)3)37(15-19-9-11-20(40-5)12-10-19)16-24-33-36-39(35-24)28(29)30;1-5-32-20-15(7-6-8-24-20)16-9-17(25-10-14-11-30(21(22)23)29-27-14)19-18(26-16)13(4)28-31(19)12(2)3/h7-14,17,28H,6,15-16H2,1-5H3;6-9,11-12,21H,5,10H2,1-4H3,(H,25,26). The molecule has 1 N–H and O–H groups in total. The largest absolute Gasteiger partial charge is 0.497 e. The molecule has 24 heteroatoms. The molecule has 73 heavy (non-hydrogen) atoms. The first-order chi connectivity index (χ1) is 35.2. The summed E-state index contributed by atoms with van der Waals surface area (Å²) >= 11 is 0. The van der Waals surface area contributed by atoms with Gasteiger partial charge >= 0.3 is 13.1 Å². The Morgan fingerprint density at radius 3 is 1.81 bits per heavy atom. The van der Waals surface area contributed by atoms with E-state index in [9.17, 15) is 17.6 Å². The van der Waals surface area contributed by atoms with Crippen LogP contribution in [-0.4, -0.2) is 95.0 Å². The number of hydrogen-bond acceptors (Lipinski definition) is 16. The van der Waals surface area contributed by atoms with Crippen molar-refractivity contribution in [3.8, 4) is 40.0 Å². The van der Waals surface area contributed by atoms with Gasteiger partial charge in [0.25, 0.3) is 0 Å². The van der Waals surface area contributed by atoms with E-state index in [2.05, 4.69) is 46.1 Å². The zero-order chi connectivity index (χ0) is 51.9. The van der Waals surface area contributed by atoms with E-state index in [4.69, 9.17) is 29.3 Å². The first-order valence-corrected chi connectivity index (χ1v) is 23.5. The Hall–Kier alpha value is -8.31. The third-order valence-corrected chi connectivity index (χ3v) is 11.3. The summed E-state index contributed by atoms with van der Waals surface area (Å²) < 4.78 is 73.4. The van der Waals surface area contributed by atoms with Gasteiger partial charge in [0, 0.05) is 31.0 Å². The molecule has 0 fully saturated rings. The summed E-state index contributed by atoms with van der Waals surface area (Å²) in [5.41, 5.74) is 10.3. The third kappa shape index (κ3) is 11.3.